The van der Waals surface area contributed by atoms with Gasteiger partial charge in [0, 0.05) is 18.0 Å². The largest absolute Gasteiger partial charge is 0.321 e. The Hall–Kier alpha value is -1.26. The van der Waals surface area contributed by atoms with E-state index in [1.165, 1.54) is 0 Å². The average molecular weight is 296 g/mol. The van der Waals surface area contributed by atoms with E-state index >= 15 is 0 Å². The number of hydrogen-bond donors (Lipinski definition) is 1. The molecular formula is C15H22ClN3O. The molecule has 2 atom stereocenters. The minimum Gasteiger partial charge on any atom is -0.321 e. The Morgan fingerprint density at radius 2 is 2.10 bits per heavy atom. The normalized spacial score (nSPS) is 22.7. The van der Waals surface area contributed by atoms with E-state index < -0.39 is 0 Å². The Kier molecular flexibility index (Phi) is 4.89. The maximum absolute atomic E-state index is 12.1. The summed E-state index contributed by atoms with van der Waals surface area (Å²) in [4.78, 5) is 14.0. The maximum atomic E-state index is 12.1. The van der Waals surface area contributed by atoms with Crippen LogP contribution in [0.15, 0.2) is 24.3 Å². The summed E-state index contributed by atoms with van der Waals surface area (Å²) < 4.78 is 0. The molecule has 1 aromatic rings. The monoisotopic (exact) mass is 295 g/mol. The number of halogens is 1. The number of nitrogens with zero attached hydrogens (tertiary/aromatic N) is 2. The van der Waals surface area contributed by atoms with Crippen molar-refractivity contribution in [1.82, 2.24) is 4.90 Å². The molecule has 1 heterocycles. The Labute approximate surface area is 125 Å². The molecule has 4 nitrogen and oxygen atoms in total. The summed E-state index contributed by atoms with van der Waals surface area (Å²) >= 11 is 5.90. The first-order valence-corrected chi connectivity index (χ1v) is 7.49. The van der Waals surface area contributed by atoms with Crippen LogP contribution in [0, 0.1) is 5.92 Å². The second-order valence-corrected chi connectivity index (χ2v) is 5.87. The molecule has 0 bridgehead atoms. The van der Waals surface area contributed by atoms with Crippen molar-refractivity contribution >= 4 is 23.2 Å². The lowest BCUT2D eigenvalue weighted by Gasteiger charge is -2.43. The number of nitrogens with two attached hydrogens (primary N) is 1. The van der Waals surface area contributed by atoms with Crippen molar-refractivity contribution in [3.8, 4) is 0 Å². The van der Waals surface area contributed by atoms with Gasteiger partial charge in [-0.15, -0.1) is 0 Å². The smallest absolute Gasteiger partial charge is 0.223 e. The van der Waals surface area contributed by atoms with Crippen LogP contribution >= 0.6 is 11.6 Å². The van der Waals surface area contributed by atoms with E-state index in [0.717, 1.165) is 25.1 Å². The number of piperidine rings is 1. The molecule has 0 saturated carbocycles. The molecule has 110 valence electrons. The van der Waals surface area contributed by atoms with Crippen LogP contribution < -0.4 is 10.9 Å². The zero-order chi connectivity index (χ0) is 14.7. The van der Waals surface area contributed by atoms with Gasteiger partial charge in [-0.1, -0.05) is 25.4 Å². The highest BCUT2D eigenvalue weighted by atomic mass is 35.5. The molecule has 2 rings (SSSR count). The van der Waals surface area contributed by atoms with Crippen molar-refractivity contribution in [1.29, 1.82) is 0 Å². The third-order valence-corrected chi connectivity index (χ3v) is 4.16. The Balaban J connectivity index is 2.21. The predicted octanol–water partition coefficient (Wildman–Crippen LogP) is 3.01. The van der Waals surface area contributed by atoms with Crippen LogP contribution in [0.3, 0.4) is 0 Å². The summed E-state index contributed by atoms with van der Waals surface area (Å²) in [6.07, 6.45) is 2.37. The first kappa shape index (κ1) is 15.1. The van der Waals surface area contributed by atoms with E-state index in [2.05, 4.69) is 6.92 Å². The molecule has 1 aliphatic rings. The fourth-order valence-corrected chi connectivity index (χ4v) is 2.78. The van der Waals surface area contributed by atoms with E-state index in [-0.39, 0.29) is 12.1 Å². The van der Waals surface area contributed by atoms with Gasteiger partial charge in [-0.05, 0) is 43.0 Å². The second kappa shape index (κ2) is 6.46. The number of amides is 1. The van der Waals surface area contributed by atoms with Gasteiger partial charge >= 0.3 is 0 Å². The van der Waals surface area contributed by atoms with Gasteiger partial charge in [0.1, 0.15) is 6.17 Å². The van der Waals surface area contributed by atoms with Gasteiger partial charge in [-0.3, -0.25) is 9.80 Å². The first-order chi connectivity index (χ1) is 9.52. The molecule has 1 fully saturated rings. The van der Waals surface area contributed by atoms with E-state index in [4.69, 9.17) is 17.4 Å². The maximum Gasteiger partial charge on any atom is 0.223 e. The Morgan fingerprint density at radius 1 is 1.45 bits per heavy atom. The number of carbonyl (C=O) groups excluding carboxylic acids is 1. The van der Waals surface area contributed by atoms with Gasteiger partial charge in [-0.25, -0.2) is 5.84 Å². The van der Waals surface area contributed by atoms with Crippen molar-refractivity contribution in [3.63, 3.8) is 0 Å². The molecule has 0 aromatic heterocycles. The van der Waals surface area contributed by atoms with Gasteiger partial charge < -0.3 is 4.90 Å². The van der Waals surface area contributed by atoms with Crippen LogP contribution in [0.1, 0.15) is 33.1 Å². The Morgan fingerprint density at radius 3 is 2.70 bits per heavy atom. The first-order valence-electron chi connectivity index (χ1n) is 7.12. The van der Waals surface area contributed by atoms with Crippen molar-refractivity contribution in [2.45, 2.75) is 39.3 Å². The number of benzene rings is 1. The number of anilines is 1. The summed E-state index contributed by atoms with van der Waals surface area (Å²) in [6, 6.07) is 7.40. The molecule has 0 aliphatic carbocycles. The zero-order valence-electron chi connectivity index (χ0n) is 12.1. The van der Waals surface area contributed by atoms with Gasteiger partial charge in [0.2, 0.25) is 5.91 Å². The predicted molar refractivity (Wildman–Crippen MR) is 82.3 cm³/mol. The average Bonchev–Trinajstić information content (AvgIpc) is 2.46. The third kappa shape index (κ3) is 3.25. The summed E-state index contributed by atoms with van der Waals surface area (Å²) in [7, 11) is 0. The van der Waals surface area contributed by atoms with Crippen LogP contribution in [-0.2, 0) is 4.79 Å². The van der Waals surface area contributed by atoms with E-state index in [1.807, 2.05) is 36.1 Å². The number of hydrazine groups is 1. The lowest BCUT2D eigenvalue weighted by molar-refractivity contribution is -0.135. The van der Waals surface area contributed by atoms with Gasteiger partial charge in [0.25, 0.3) is 0 Å². The van der Waals surface area contributed by atoms with E-state index in [1.54, 1.807) is 5.01 Å². The minimum absolute atomic E-state index is 0.0765. The fourth-order valence-electron chi connectivity index (χ4n) is 2.66. The molecule has 2 unspecified atom stereocenters. The van der Waals surface area contributed by atoms with Gasteiger partial charge in [0.05, 0.1) is 5.69 Å². The third-order valence-electron chi connectivity index (χ3n) is 3.90. The molecule has 1 aliphatic heterocycles. The van der Waals surface area contributed by atoms with Crippen molar-refractivity contribution in [2.24, 2.45) is 11.8 Å². The fraction of sp³-hybridized carbons (Fsp3) is 0.533. The number of carbonyl (C=O) groups is 1. The summed E-state index contributed by atoms with van der Waals surface area (Å²) in [5.74, 6) is 6.99. The number of likely N-dealkylation sites (tertiary alicyclic amines) is 1. The standard InChI is InChI=1S/C15H22ClN3O/c1-3-15(20)18-9-8-11(2)10-14(18)19(17)13-6-4-12(16)5-7-13/h4-7,11,14H,3,8-10,17H2,1-2H3. The Bertz CT molecular complexity index is 463. The van der Waals surface area contributed by atoms with Crippen LogP contribution in [0.25, 0.3) is 0 Å². The molecular weight excluding hydrogens is 274 g/mol. The van der Waals surface area contributed by atoms with E-state index in [9.17, 15) is 4.79 Å². The molecule has 5 heteroatoms. The van der Waals surface area contributed by atoms with Gasteiger partial charge in [-0.2, -0.15) is 0 Å². The lowest BCUT2D eigenvalue weighted by atomic mass is 9.95. The summed E-state index contributed by atoms with van der Waals surface area (Å²) in [5, 5.41) is 2.38. The summed E-state index contributed by atoms with van der Waals surface area (Å²) in [5.41, 5.74) is 0.877. The summed E-state index contributed by atoms with van der Waals surface area (Å²) in [6.45, 7) is 4.87. The minimum atomic E-state index is -0.0765. The van der Waals surface area contributed by atoms with Crippen molar-refractivity contribution in [3.05, 3.63) is 29.3 Å². The van der Waals surface area contributed by atoms with Crippen LogP contribution in [0.4, 0.5) is 5.69 Å². The lowest BCUT2D eigenvalue weighted by Crippen LogP contribution is -2.57. The van der Waals surface area contributed by atoms with Gasteiger partial charge in [0.15, 0.2) is 0 Å². The molecule has 1 amide bonds. The molecule has 20 heavy (non-hydrogen) atoms. The van der Waals surface area contributed by atoms with Crippen molar-refractivity contribution in [2.75, 3.05) is 11.6 Å². The molecule has 0 spiro atoms. The van der Waals surface area contributed by atoms with Crippen molar-refractivity contribution < 1.29 is 4.79 Å². The molecule has 2 N–H and O–H groups in total. The highest BCUT2D eigenvalue weighted by Gasteiger charge is 2.32. The molecule has 0 radical (unpaired) electrons. The molecule has 1 saturated heterocycles. The van der Waals surface area contributed by atoms with Crippen LogP contribution in [0.5, 0.6) is 0 Å². The molecule has 1 aromatic carbocycles. The SMILES string of the molecule is CCC(=O)N1CCC(C)CC1N(N)c1ccc(Cl)cc1. The highest BCUT2D eigenvalue weighted by Crippen LogP contribution is 2.27. The zero-order valence-corrected chi connectivity index (χ0v) is 12.8. The topological polar surface area (TPSA) is 49.6 Å². The quantitative estimate of drug-likeness (QED) is 0.689. The van der Waals surface area contributed by atoms with Crippen LogP contribution in [0.2, 0.25) is 5.02 Å². The van der Waals surface area contributed by atoms with E-state index in [0.29, 0.717) is 17.4 Å². The van der Waals surface area contributed by atoms with Crippen LogP contribution in [-0.4, -0.2) is 23.5 Å². The number of rotatable bonds is 3. The number of hydrogen-bond acceptors (Lipinski definition) is 3. The second-order valence-electron chi connectivity index (χ2n) is 5.43. The highest BCUT2D eigenvalue weighted by molar-refractivity contribution is 6.30.